The predicted octanol–water partition coefficient (Wildman–Crippen LogP) is 2.28. The summed E-state index contributed by atoms with van der Waals surface area (Å²) in [5.74, 6) is 2.11. The minimum atomic E-state index is 0.0920. The lowest BCUT2D eigenvalue weighted by molar-refractivity contribution is -0.134. The quantitative estimate of drug-likeness (QED) is 0.806. The van der Waals surface area contributed by atoms with Gasteiger partial charge >= 0.3 is 0 Å². The first-order valence-corrected chi connectivity index (χ1v) is 8.12. The molecule has 6 heteroatoms. The Kier molecular flexibility index (Phi) is 5.07. The van der Waals surface area contributed by atoms with Crippen LogP contribution in [0.25, 0.3) is 0 Å². The fraction of sp³-hybridized carbons (Fsp3) is 0.368. The minimum Gasteiger partial charge on any atom is -0.493 e. The van der Waals surface area contributed by atoms with E-state index in [1.807, 2.05) is 29.3 Å². The number of hydrogen-bond acceptors (Lipinski definition) is 5. The molecule has 1 aliphatic rings. The molecule has 0 radical (unpaired) electrons. The minimum absolute atomic E-state index is 0.0920. The van der Waals surface area contributed by atoms with Gasteiger partial charge in [-0.25, -0.2) is 0 Å². The van der Waals surface area contributed by atoms with Crippen molar-refractivity contribution in [2.75, 3.05) is 34.4 Å². The zero-order valence-electron chi connectivity index (χ0n) is 14.7. The molecule has 25 heavy (non-hydrogen) atoms. The standard InChI is InChI=1S/C19H22N2O4/c1-23-16-7-13(8-17(24-2)19(16)25-3)9-18(22)21-11-15(12-21)14-5-4-6-20-10-14/h4-8,10,15H,9,11-12H2,1-3H3. The molecule has 1 aromatic heterocycles. The first kappa shape index (κ1) is 17.1. The monoisotopic (exact) mass is 342 g/mol. The Morgan fingerprint density at radius 2 is 1.84 bits per heavy atom. The van der Waals surface area contributed by atoms with Gasteiger partial charge in [0.1, 0.15) is 0 Å². The van der Waals surface area contributed by atoms with Gasteiger partial charge in [0.05, 0.1) is 27.8 Å². The van der Waals surface area contributed by atoms with Crippen molar-refractivity contribution in [3.63, 3.8) is 0 Å². The van der Waals surface area contributed by atoms with Gasteiger partial charge in [-0.15, -0.1) is 0 Å². The van der Waals surface area contributed by atoms with Crippen LogP contribution in [0.3, 0.4) is 0 Å². The second-order valence-corrected chi connectivity index (χ2v) is 5.99. The molecule has 1 saturated heterocycles. The van der Waals surface area contributed by atoms with Gasteiger partial charge in [-0.1, -0.05) is 6.07 Å². The molecular formula is C19H22N2O4. The van der Waals surface area contributed by atoms with Crippen LogP contribution in [-0.4, -0.2) is 50.2 Å². The summed E-state index contributed by atoms with van der Waals surface area (Å²) < 4.78 is 16.0. The normalized spacial score (nSPS) is 14.0. The summed E-state index contributed by atoms with van der Waals surface area (Å²) in [5, 5.41) is 0. The third-order valence-electron chi connectivity index (χ3n) is 4.47. The van der Waals surface area contributed by atoms with E-state index in [4.69, 9.17) is 14.2 Å². The first-order chi connectivity index (χ1) is 12.2. The van der Waals surface area contributed by atoms with Crippen LogP contribution in [0.5, 0.6) is 17.2 Å². The van der Waals surface area contributed by atoms with Crippen molar-refractivity contribution in [1.29, 1.82) is 0 Å². The number of carbonyl (C=O) groups excluding carboxylic acids is 1. The Morgan fingerprint density at radius 3 is 2.36 bits per heavy atom. The number of pyridine rings is 1. The topological polar surface area (TPSA) is 60.9 Å². The molecule has 1 aliphatic heterocycles. The van der Waals surface area contributed by atoms with E-state index >= 15 is 0 Å². The van der Waals surface area contributed by atoms with Gasteiger partial charge in [-0.2, -0.15) is 0 Å². The largest absolute Gasteiger partial charge is 0.493 e. The van der Waals surface area contributed by atoms with Gasteiger partial charge in [0.15, 0.2) is 11.5 Å². The summed E-state index contributed by atoms with van der Waals surface area (Å²) in [6.07, 6.45) is 3.93. The third-order valence-corrected chi connectivity index (χ3v) is 4.47. The molecule has 0 aliphatic carbocycles. The van der Waals surface area contributed by atoms with Crippen LogP contribution in [0, 0.1) is 0 Å². The van der Waals surface area contributed by atoms with Gasteiger partial charge in [-0.3, -0.25) is 9.78 Å². The SMILES string of the molecule is COc1cc(CC(=O)N2CC(c3cccnc3)C2)cc(OC)c1OC. The smallest absolute Gasteiger partial charge is 0.227 e. The van der Waals surface area contributed by atoms with E-state index in [0.29, 0.717) is 29.6 Å². The van der Waals surface area contributed by atoms with E-state index in [1.165, 1.54) is 5.56 Å². The highest BCUT2D eigenvalue weighted by atomic mass is 16.5. The molecule has 0 bridgehead atoms. The highest BCUT2D eigenvalue weighted by molar-refractivity contribution is 5.80. The van der Waals surface area contributed by atoms with Crippen LogP contribution in [0.4, 0.5) is 0 Å². The predicted molar refractivity (Wildman–Crippen MR) is 93.4 cm³/mol. The van der Waals surface area contributed by atoms with Gasteiger partial charge in [0, 0.05) is 31.4 Å². The number of methoxy groups -OCH3 is 3. The van der Waals surface area contributed by atoms with Crippen LogP contribution in [0.1, 0.15) is 17.0 Å². The summed E-state index contributed by atoms with van der Waals surface area (Å²) in [4.78, 5) is 18.5. The third kappa shape index (κ3) is 3.52. The zero-order valence-corrected chi connectivity index (χ0v) is 14.7. The Bertz CT molecular complexity index is 717. The summed E-state index contributed by atoms with van der Waals surface area (Å²) in [7, 11) is 4.69. The number of ether oxygens (including phenoxy) is 3. The van der Waals surface area contributed by atoms with Crippen molar-refractivity contribution >= 4 is 5.91 Å². The molecule has 2 aromatic rings. The maximum absolute atomic E-state index is 12.5. The van der Waals surface area contributed by atoms with E-state index in [1.54, 1.807) is 27.5 Å². The van der Waals surface area contributed by atoms with Crippen LogP contribution in [0.15, 0.2) is 36.7 Å². The molecule has 0 N–H and O–H groups in total. The summed E-state index contributed by atoms with van der Waals surface area (Å²) in [6, 6.07) is 7.61. The number of carbonyl (C=O) groups is 1. The fourth-order valence-electron chi connectivity index (χ4n) is 3.03. The van der Waals surface area contributed by atoms with Crippen LogP contribution in [-0.2, 0) is 11.2 Å². The molecule has 1 fully saturated rings. The fourth-order valence-corrected chi connectivity index (χ4v) is 3.03. The van der Waals surface area contributed by atoms with Gasteiger partial charge in [-0.05, 0) is 29.3 Å². The zero-order chi connectivity index (χ0) is 17.8. The van der Waals surface area contributed by atoms with Gasteiger partial charge < -0.3 is 19.1 Å². The maximum atomic E-state index is 12.5. The lowest BCUT2D eigenvalue weighted by Gasteiger charge is -2.39. The number of hydrogen-bond donors (Lipinski definition) is 0. The molecule has 2 heterocycles. The Balaban J connectivity index is 1.66. The first-order valence-electron chi connectivity index (χ1n) is 8.12. The maximum Gasteiger partial charge on any atom is 0.227 e. The van der Waals surface area contributed by atoms with Crippen molar-refractivity contribution in [3.05, 3.63) is 47.8 Å². The number of likely N-dealkylation sites (tertiary alicyclic amines) is 1. The molecule has 0 saturated carbocycles. The van der Waals surface area contributed by atoms with Crippen molar-refractivity contribution in [1.82, 2.24) is 9.88 Å². The molecule has 0 unspecified atom stereocenters. The molecule has 1 amide bonds. The molecule has 0 atom stereocenters. The Labute approximate surface area is 147 Å². The molecule has 6 nitrogen and oxygen atoms in total. The molecule has 1 aromatic carbocycles. The highest BCUT2D eigenvalue weighted by Gasteiger charge is 2.31. The second-order valence-electron chi connectivity index (χ2n) is 5.99. The van der Waals surface area contributed by atoms with Crippen molar-refractivity contribution in [3.8, 4) is 17.2 Å². The van der Waals surface area contributed by atoms with Crippen molar-refractivity contribution in [2.45, 2.75) is 12.3 Å². The number of benzene rings is 1. The lowest BCUT2D eigenvalue weighted by Crippen LogP contribution is -2.49. The summed E-state index contributed by atoms with van der Waals surface area (Å²) in [6.45, 7) is 1.46. The van der Waals surface area contributed by atoms with Gasteiger partial charge in [0.25, 0.3) is 0 Å². The lowest BCUT2D eigenvalue weighted by atomic mass is 9.92. The molecular weight excluding hydrogens is 320 g/mol. The molecule has 3 rings (SSSR count). The highest BCUT2D eigenvalue weighted by Crippen LogP contribution is 2.38. The van der Waals surface area contributed by atoms with E-state index in [9.17, 15) is 4.79 Å². The van der Waals surface area contributed by atoms with Crippen molar-refractivity contribution in [2.24, 2.45) is 0 Å². The average molecular weight is 342 g/mol. The Morgan fingerprint density at radius 1 is 1.16 bits per heavy atom. The summed E-state index contributed by atoms with van der Waals surface area (Å²) in [5.41, 5.74) is 2.02. The average Bonchev–Trinajstić information content (AvgIpc) is 2.60. The van der Waals surface area contributed by atoms with E-state index in [0.717, 1.165) is 18.7 Å². The molecule has 0 spiro atoms. The van der Waals surface area contributed by atoms with Gasteiger partial charge in [0.2, 0.25) is 11.7 Å². The van der Waals surface area contributed by atoms with Crippen LogP contribution in [0.2, 0.25) is 0 Å². The number of rotatable bonds is 6. The van der Waals surface area contributed by atoms with Crippen LogP contribution < -0.4 is 14.2 Å². The van der Waals surface area contributed by atoms with E-state index in [-0.39, 0.29) is 5.91 Å². The van der Waals surface area contributed by atoms with E-state index < -0.39 is 0 Å². The second kappa shape index (κ2) is 7.42. The van der Waals surface area contributed by atoms with Crippen LogP contribution >= 0.6 is 0 Å². The van der Waals surface area contributed by atoms with E-state index in [2.05, 4.69) is 11.1 Å². The Hall–Kier alpha value is -2.76. The number of aromatic nitrogens is 1. The number of nitrogens with zero attached hydrogens (tertiary/aromatic N) is 2. The summed E-state index contributed by atoms with van der Waals surface area (Å²) >= 11 is 0. The molecule has 132 valence electrons. The number of amides is 1. The van der Waals surface area contributed by atoms with Crippen molar-refractivity contribution < 1.29 is 19.0 Å².